The third-order valence-corrected chi connectivity index (χ3v) is 2.23. The van der Waals surface area contributed by atoms with Gasteiger partial charge in [-0.25, -0.2) is 0 Å². The molecule has 0 aromatic rings. The lowest BCUT2D eigenvalue weighted by Crippen LogP contribution is -2.00. The Labute approximate surface area is 94.3 Å². The molecule has 0 atom stereocenters. The van der Waals surface area contributed by atoms with Crippen molar-refractivity contribution in [2.45, 2.75) is 51.9 Å². The molecule has 2 heteroatoms. The summed E-state index contributed by atoms with van der Waals surface area (Å²) in [6.07, 6.45) is 13.5. The Kier molecular flexibility index (Phi) is 13.0. The van der Waals surface area contributed by atoms with Gasteiger partial charge in [0.15, 0.2) is 0 Å². The van der Waals surface area contributed by atoms with Crippen molar-refractivity contribution in [1.29, 1.82) is 0 Å². The van der Waals surface area contributed by atoms with E-state index in [0.717, 1.165) is 26.1 Å². The molecule has 0 aliphatic rings. The molecule has 0 saturated carbocycles. The topological polar surface area (TPSA) is 18.5 Å². The van der Waals surface area contributed by atoms with Crippen molar-refractivity contribution in [3.8, 4) is 12.3 Å². The normalized spacial score (nSPS) is 10.1. The quantitative estimate of drug-likeness (QED) is 0.297. The highest BCUT2D eigenvalue weighted by Crippen LogP contribution is 2.06. The average Bonchev–Trinajstić information content (AvgIpc) is 2.26. The summed E-state index contributed by atoms with van der Waals surface area (Å²) in [5, 5.41) is 0. The fourth-order valence-corrected chi connectivity index (χ4v) is 1.34. The SMILES string of the molecule is C#CCCCCCCCCOCOCC. The summed E-state index contributed by atoms with van der Waals surface area (Å²) in [5.74, 6) is 2.66. The molecule has 0 saturated heterocycles. The molecule has 0 aliphatic heterocycles. The van der Waals surface area contributed by atoms with Crippen LogP contribution in [0.25, 0.3) is 0 Å². The van der Waals surface area contributed by atoms with E-state index in [-0.39, 0.29) is 0 Å². The molecular formula is C13H24O2. The Morgan fingerprint density at radius 2 is 1.60 bits per heavy atom. The van der Waals surface area contributed by atoms with E-state index in [1.54, 1.807) is 0 Å². The zero-order valence-electron chi connectivity index (χ0n) is 9.96. The van der Waals surface area contributed by atoms with Crippen LogP contribution in [0.5, 0.6) is 0 Å². The van der Waals surface area contributed by atoms with Crippen molar-refractivity contribution in [2.24, 2.45) is 0 Å². The van der Waals surface area contributed by atoms with Crippen molar-refractivity contribution in [3.63, 3.8) is 0 Å². The van der Waals surface area contributed by atoms with Gasteiger partial charge in [-0.05, 0) is 19.8 Å². The predicted molar refractivity (Wildman–Crippen MR) is 63.6 cm³/mol. The van der Waals surface area contributed by atoms with Crippen molar-refractivity contribution in [3.05, 3.63) is 0 Å². The Hall–Kier alpha value is -0.520. The van der Waals surface area contributed by atoms with Gasteiger partial charge in [0.2, 0.25) is 0 Å². The van der Waals surface area contributed by atoms with E-state index in [9.17, 15) is 0 Å². The van der Waals surface area contributed by atoms with Gasteiger partial charge in [-0.1, -0.05) is 25.7 Å². The zero-order chi connectivity index (χ0) is 11.2. The molecule has 0 bridgehead atoms. The van der Waals surface area contributed by atoms with Crippen LogP contribution in [0, 0.1) is 12.3 Å². The summed E-state index contributed by atoms with van der Waals surface area (Å²) in [7, 11) is 0. The number of ether oxygens (including phenoxy) is 2. The highest BCUT2D eigenvalue weighted by atomic mass is 16.7. The van der Waals surface area contributed by atoms with E-state index in [2.05, 4.69) is 5.92 Å². The van der Waals surface area contributed by atoms with E-state index in [4.69, 9.17) is 15.9 Å². The van der Waals surface area contributed by atoms with Crippen LogP contribution < -0.4 is 0 Å². The van der Waals surface area contributed by atoms with Crippen LogP contribution in [-0.4, -0.2) is 20.0 Å². The van der Waals surface area contributed by atoms with Gasteiger partial charge in [0.05, 0.1) is 0 Å². The molecule has 0 heterocycles. The largest absolute Gasteiger partial charge is 0.356 e. The Morgan fingerprint density at radius 1 is 0.933 bits per heavy atom. The van der Waals surface area contributed by atoms with E-state index in [1.807, 2.05) is 6.92 Å². The van der Waals surface area contributed by atoms with Crippen molar-refractivity contribution >= 4 is 0 Å². The van der Waals surface area contributed by atoms with E-state index < -0.39 is 0 Å². The second kappa shape index (κ2) is 13.5. The van der Waals surface area contributed by atoms with Gasteiger partial charge in [-0.2, -0.15) is 0 Å². The number of hydrogen-bond acceptors (Lipinski definition) is 2. The number of rotatable bonds is 11. The van der Waals surface area contributed by atoms with E-state index in [0.29, 0.717) is 6.79 Å². The molecule has 88 valence electrons. The summed E-state index contributed by atoms with van der Waals surface area (Å²) in [6, 6.07) is 0. The summed E-state index contributed by atoms with van der Waals surface area (Å²) in [4.78, 5) is 0. The highest BCUT2D eigenvalue weighted by Gasteiger charge is 1.91. The molecule has 0 rings (SSSR count). The van der Waals surface area contributed by atoms with Crippen LogP contribution >= 0.6 is 0 Å². The molecule has 0 spiro atoms. The maximum atomic E-state index is 5.27. The van der Waals surface area contributed by atoms with Gasteiger partial charge in [0, 0.05) is 19.6 Å². The summed E-state index contributed by atoms with van der Waals surface area (Å²) in [6.45, 7) is 3.97. The van der Waals surface area contributed by atoms with Crippen molar-refractivity contribution in [2.75, 3.05) is 20.0 Å². The minimum absolute atomic E-state index is 0.443. The molecular weight excluding hydrogens is 188 g/mol. The lowest BCUT2D eigenvalue weighted by molar-refractivity contribution is -0.0502. The number of hydrogen-bond donors (Lipinski definition) is 0. The van der Waals surface area contributed by atoms with Gasteiger partial charge in [0.1, 0.15) is 6.79 Å². The molecule has 0 radical (unpaired) electrons. The molecule has 0 unspecified atom stereocenters. The minimum atomic E-state index is 0.443. The third-order valence-electron chi connectivity index (χ3n) is 2.23. The first-order chi connectivity index (χ1) is 7.41. The van der Waals surface area contributed by atoms with Crippen LogP contribution in [0.15, 0.2) is 0 Å². The minimum Gasteiger partial charge on any atom is -0.356 e. The highest BCUT2D eigenvalue weighted by molar-refractivity contribution is 4.82. The van der Waals surface area contributed by atoms with Crippen molar-refractivity contribution in [1.82, 2.24) is 0 Å². The molecule has 15 heavy (non-hydrogen) atoms. The van der Waals surface area contributed by atoms with Gasteiger partial charge in [0.25, 0.3) is 0 Å². The molecule has 0 aromatic carbocycles. The smallest absolute Gasteiger partial charge is 0.146 e. The molecule has 2 nitrogen and oxygen atoms in total. The molecule has 0 amide bonds. The summed E-state index contributed by atoms with van der Waals surface area (Å²) < 4.78 is 10.3. The second-order valence-corrected chi connectivity index (χ2v) is 3.59. The Bertz CT molecular complexity index is 149. The Morgan fingerprint density at radius 3 is 2.27 bits per heavy atom. The fraction of sp³-hybridized carbons (Fsp3) is 0.846. The van der Waals surface area contributed by atoms with Crippen LogP contribution in [0.1, 0.15) is 51.9 Å². The average molecular weight is 212 g/mol. The standard InChI is InChI=1S/C13H24O2/c1-3-5-6-7-8-9-10-11-12-15-13-14-4-2/h1H,4-13H2,2H3. The Balaban J connectivity index is 2.84. The summed E-state index contributed by atoms with van der Waals surface area (Å²) >= 11 is 0. The van der Waals surface area contributed by atoms with Crippen LogP contribution in [0.2, 0.25) is 0 Å². The van der Waals surface area contributed by atoms with Crippen LogP contribution in [0.4, 0.5) is 0 Å². The molecule has 0 aromatic heterocycles. The third kappa shape index (κ3) is 13.5. The maximum absolute atomic E-state index is 5.27. The summed E-state index contributed by atoms with van der Waals surface area (Å²) in [5.41, 5.74) is 0. The maximum Gasteiger partial charge on any atom is 0.146 e. The van der Waals surface area contributed by atoms with Gasteiger partial charge in [-0.3, -0.25) is 0 Å². The molecule has 0 N–H and O–H groups in total. The van der Waals surface area contributed by atoms with Gasteiger partial charge < -0.3 is 9.47 Å². The lowest BCUT2D eigenvalue weighted by atomic mass is 10.1. The van der Waals surface area contributed by atoms with Crippen LogP contribution in [0.3, 0.4) is 0 Å². The number of terminal acetylenes is 1. The zero-order valence-corrected chi connectivity index (χ0v) is 9.96. The molecule has 0 aliphatic carbocycles. The second-order valence-electron chi connectivity index (χ2n) is 3.59. The first-order valence-electron chi connectivity index (χ1n) is 6.00. The first-order valence-corrected chi connectivity index (χ1v) is 6.00. The first kappa shape index (κ1) is 14.5. The van der Waals surface area contributed by atoms with Crippen LogP contribution in [-0.2, 0) is 9.47 Å². The lowest BCUT2D eigenvalue weighted by Gasteiger charge is -2.03. The van der Waals surface area contributed by atoms with Gasteiger partial charge in [-0.15, -0.1) is 12.3 Å². The molecule has 0 fully saturated rings. The predicted octanol–water partition coefficient (Wildman–Crippen LogP) is 3.36. The van der Waals surface area contributed by atoms with E-state index in [1.165, 1.54) is 32.1 Å². The fourth-order valence-electron chi connectivity index (χ4n) is 1.34. The van der Waals surface area contributed by atoms with E-state index >= 15 is 0 Å². The van der Waals surface area contributed by atoms with Gasteiger partial charge >= 0.3 is 0 Å². The monoisotopic (exact) mass is 212 g/mol. The number of unbranched alkanes of at least 4 members (excludes halogenated alkanes) is 6. The van der Waals surface area contributed by atoms with Crippen molar-refractivity contribution < 1.29 is 9.47 Å².